The summed E-state index contributed by atoms with van der Waals surface area (Å²) in [6.07, 6.45) is 2.52. The average molecular weight is 406 g/mol. The highest BCUT2D eigenvalue weighted by molar-refractivity contribution is 5.95. The molecule has 3 aromatic rings. The zero-order valence-corrected chi connectivity index (χ0v) is 17.3. The minimum absolute atomic E-state index is 0.107. The van der Waals surface area contributed by atoms with E-state index in [1.54, 1.807) is 6.26 Å². The lowest BCUT2D eigenvalue weighted by molar-refractivity contribution is -0.115. The Morgan fingerprint density at radius 2 is 1.90 bits per heavy atom. The number of aryl methyl sites for hydroxylation is 1. The molecule has 0 aliphatic carbocycles. The maximum Gasteiger partial charge on any atom is 0.243 e. The number of aliphatic imine (C=N–C) groups is 1. The van der Waals surface area contributed by atoms with E-state index >= 15 is 0 Å². The molecule has 1 amide bonds. The third kappa shape index (κ3) is 6.20. The van der Waals surface area contributed by atoms with Gasteiger partial charge >= 0.3 is 0 Å². The van der Waals surface area contributed by atoms with Gasteiger partial charge in [0.25, 0.3) is 0 Å². The number of rotatable bonds is 8. The minimum Gasteiger partial charge on any atom is -0.444 e. The lowest BCUT2D eigenvalue weighted by Gasteiger charge is -2.11. The van der Waals surface area contributed by atoms with E-state index in [0.717, 1.165) is 17.7 Å². The predicted molar refractivity (Wildman–Crippen MR) is 119 cm³/mol. The van der Waals surface area contributed by atoms with E-state index in [4.69, 9.17) is 4.42 Å². The van der Waals surface area contributed by atoms with Crippen LogP contribution >= 0.6 is 0 Å². The van der Waals surface area contributed by atoms with Crippen molar-refractivity contribution in [1.82, 2.24) is 15.6 Å². The van der Waals surface area contributed by atoms with Gasteiger partial charge in [-0.1, -0.05) is 37.3 Å². The molecular weight excluding hydrogens is 378 g/mol. The number of nitrogens with one attached hydrogen (secondary N) is 3. The van der Waals surface area contributed by atoms with Crippen LogP contribution < -0.4 is 16.0 Å². The van der Waals surface area contributed by atoms with Gasteiger partial charge in [-0.15, -0.1) is 0 Å². The Balaban J connectivity index is 1.55. The van der Waals surface area contributed by atoms with Crippen LogP contribution in [-0.4, -0.2) is 29.9 Å². The fraction of sp³-hybridized carbons (Fsp3) is 0.261. The Morgan fingerprint density at radius 3 is 2.67 bits per heavy atom. The van der Waals surface area contributed by atoms with Crippen molar-refractivity contribution in [2.24, 2.45) is 4.99 Å². The van der Waals surface area contributed by atoms with Crippen molar-refractivity contribution in [3.63, 3.8) is 0 Å². The van der Waals surface area contributed by atoms with Gasteiger partial charge < -0.3 is 20.4 Å². The SMILES string of the molecule is CCNC(=NCc1coc(-c2ccccc2)n1)NCC(=O)Nc1cccc(CC)c1. The highest BCUT2D eigenvalue weighted by Crippen LogP contribution is 2.18. The van der Waals surface area contributed by atoms with Crippen LogP contribution in [0.3, 0.4) is 0 Å². The van der Waals surface area contributed by atoms with Gasteiger partial charge in [0.15, 0.2) is 5.96 Å². The van der Waals surface area contributed by atoms with Gasteiger partial charge in [-0.3, -0.25) is 4.79 Å². The largest absolute Gasteiger partial charge is 0.444 e. The summed E-state index contributed by atoms with van der Waals surface area (Å²) in [7, 11) is 0. The monoisotopic (exact) mass is 405 g/mol. The Bertz CT molecular complexity index is 982. The molecule has 156 valence electrons. The summed E-state index contributed by atoms with van der Waals surface area (Å²) in [5.41, 5.74) is 3.60. The van der Waals surface area contributed by atoms with E-state index in [0.29, 0.717) is 30.6 Å². The molecule has 7 heteroatoms. The zero-order valence-electron chi connectivity index (χ0n) is 17.3. The van der Waals surface area contributed by atoms with Crippen LogP contribution in [0.5, 0.6) is 0 Å². The maximum atomic E-state index is 12.3. The van der Waals surface area contributed by atoms with E-state index in [-0.39, 0.29) is 12.5 Å². The number of anilines is 1. The van der Waals surface area contributed by atoms with Crippen LogP contribution in [0.1, 0.15) is 25.1 Å². The number of oxazole rings is 1. The number of aromatic nitrogens is 1. The normalized spacial score (nSPS) is 11.2. The van der Waals surface area contributed by atoms with E-state index in [9.17, 15) is 4.79 Å². The number of hydrogen-bond donors (Lipinski definition) is 3. The summed E-state index contributed by atoms with van der Waals surface area (Å²) < 4.78 is 5.54. The molecule has 1 heterocycles. The Labute approximate surface area is 176 Å². The molecule has 3 N–H and O–H groups in total. The first-order chi connectivity index (χ1) is 14.7. The smallest absolute Gasteiger partial charge is 0.243 e. The molecule has 0 fully saturated rings. The first-order valence-electron chi connectivity index (χ1n) is 10.1. The van der Waals surface area contributed by atoms with E-state index in [1.807, 2.05) is 61.5 Å². The van der Waals surface area contributed by atoms with Gasteiger partial charge in [0.2, 0.25) is 11.8 Å². The van der Waals surface area contributed by atoms with Crippen LogP contribution in [0.15, 0.2) is 70.3 Å². The molecule has 0 spiro atoms. The van der Waals surface area contributed by atoms with Crippen LogP contribution in [0.2, 0.25) is 0 Å². The van der Waals surface area contributed by atoms with E-state index in [2.05, 4.69) is 32.9 Å². The Morgan fingerprint density at radius 1 is 1.07 bits per heavy atom. The molecule has 0 bridgehead atoms. The van der Waals surface area contributed by atoms with Crippen molar-refractivity contribution >= 4 is 17.6 Å². The van der Waals surface area contributed by atoms with E-state index in [1.165, 1.54) is 5.56 Å². The van der Waals surface area contributed by atoms with Crippen molar-refractivity contribution in [2.45, 2.75) is 26.8 Å². The number of carbonyl (C=O) groups is 1. The van der Waals surface area contributed by atoms with Gasteiger partial charge in [0.05, 0.1) is 13.1 Å². The second-order valence-electron chi connectivity index (χ2n) is 6.66. The number of carbonyl (C=O) groups excluding carboxylic acids is 1. The number of guanidine groups is 1. The van der Waals surface area contributed by atoms with Crippen molar-refractivity contribution in [3.8, 4) is 11.5 Å². The number of hydrogen-bond acceptors (Lipinski definition) is 4. The summed E-state index contributed by atoms with van der Waals surface area (Å²) in [6.45, 7) is 5.18. The highest BCUT2D eigenvalue weighted by atomic mass is 16.3. The van der Waals surface area contributed by atoms with Crippen molar-refractivity contribution < 1.29 is 9.21 Å². The molecule has 0 atom stereocenters. The molecule has 30 heavy (non-hydrogen) atoms. The highest BCUT2D eigenvalue weighted by Gasteiger charge is 2.08. The second kappa shape index (κ2) is 10.8. The summed E-state index contributed by atoms with van der Waals surface area (Å²) >= 11 is 0. The molecule has 7 nitrogen and oxygen atoms in total. The summed E-state index contributed by atoms with van der Waals surface area (Å²) in [5, 5.41) is 9.07. The van der Waals surface area contributed by atoms with E-state index < -0.39 is 0 Å². The maximum absolute atomic E-state index is 12.3. The van der Waals surface area contributed by atoms with Gasteiger partial charge in [-0.25, -0.2) is 9.98 Å². The van der Waals surface area contributed by atoms with Crippen LogP contribution in [0, 0.1) is 0 Å². The fourth-order valence-corrected chi connectivity index (χ4v) is 2.83. The average Bonchev–Trinajstić information content (AvgIpc) is 3.25. The number of benzene rings is 2. The third-order valence-corrected chi connectivity index (χ3v) is 4.35. The standard InChI is InChI=1S/C23H27N5O2/c1-3-17-9-8-12-19(13-17)27-21(29)15-26-23(24-4-2)25-14-20-16-30-22(28-20)18-10-6-5-7-11-18/h5-13,16H,3-4,14-15H2,1-2H3,(H,27,29)(H2,24,25,26). The third-order valence-electron chi connectivity index (χ3n) is 4.35. The second-order valence-corrected chi connectivity index (χ2v) is 6.66. The number of amides is 1. The molecule has 0 radical (unpaired) electrons. The van der Waals surface area contributed by atoms with Crippen LogP contribution in [0.25, 0.3) is 11.5 Å². The molecule has 2 aromatic carbocycles. The van der Waals surface area contributed by atoms with Crippen molar-refractivity contribution in [1.29, 1.82) is 0 Å². The summed E-state index contributed by atoms with van der Waals surface area (Å²) in [5.74, 6) is 0.966. The van der Waals surface area contributed by atoms with Crippen molar-refractivity contribution in [2.75, 3.05) is 18.4 Å². The lowest BCUT2D eigenvalue weighted by atomic mass is 10.1. The fourth-order valence-electron chi connectivity index (χ4n) is 2.83. The quantitative estimate of drug-likeness (QED) is 0.393. The predicted octanol–water partition coefficient (Wildman–Crippen LogP) is 3.60. The first kappa shape index (κ1) is 21.1. The van der Waals surface area contributed by atoms with Gasteiger partial charge in [-0.2, -0.15) is 0 Å². The molecule has 1 aromatic heterocycles. The Kier molecular flexibility index (Phi) is 7.60. The molecular formula is C23H27N5O2. The first-order valence-corrected chi connectivity index (χ1v) is 10.1. The zero-order chi connectivity index (χ0) is 21.2. The van der Waals surface area contributed by atoms with Crippen molar-refractivity contribution in [3.05, 3.63) is 72.1 Å². The molecule has 0 unspecified atom stereocenters. The molecule has 3 rings (SSSR count). The van der Waals surface area contributed by atoms with Gasteiger partial charge in [0.1, 0.15) is 12.0 Å². The molecule has 0 aliphatic rings. The molecule has 0 saturated heterocycles. The minimum atomic E-state index is -0.137. The van der Waals surface area contributed by atoms with Gasteiger partial charge in [-0.05, 0) is 43.2 Å². The molecule has 0 saturated carbocycles. The topological polar surface area (TPSA) is 91.6 Å². The summed E-state index contributed by atoms with van der Waals surface area (Å²) in [6, 6.07) is 17.5. The summed E-state index contributed by atoms with van der Waals surface area (Å²) in [4.78, 5) is 21.2. The Hall–Kier alpha value is -3.61. The van der Waals surface area contributed by atoms with Crippen LogP contribution in [-0.2, 0) is 17.8 Å². The van der Waals surface area contributed by atoms with Gasteiger partial charge in [0, 0.05) is 17.8 Å². The molecule has 0 aliphatic heterocycles. The number of nitrogens with zero attached hydrogens (tertiary/aromatic N) is 2. The lowest BCUT2D eigenvalue weighted by Crippen LogP contribution is -2.41. The van der Waals surface area contributed by atoms with Crippen LogP contribution in [0.4, 0.5) is 5.69 Å².